The summed E-state index contributed by atoms with van der Waals surface area (Å²) < 4.78 is 24.4. The van der Waals surface area contributed by atoms with E-state index in [4.69, 9.17) is 11.5 Å². The Balaban J connectivity index is 2.14. The molecule has 3 rings (SSSR count). The molecule has 13 nitrogen and oxygen atoms in total. The van der Waals surface area contributed by atoms with Crippen LogP contribution in [0.15, 0.2) is 0 Å². The van der Waals surface area contributed by atoms with E-state index in [9.17, 15) is 32.7 Å². The van der Waals surface area contributed by atoms with Gasteiger partial charge in [-0.25, -0.2) is 17.9 Å². The molecule has 140 valence electrons. The smallest absolute Gasteiger partial charge is 0.328 e. The monoisotopic (exact) mass is 386 g/mol. The number of rotatable bonds is 5. The Bertz CT molecular complexity index is 969. The molecular weight excluding hydrogens is 372 g/mol. The zero-order chi connectivity index (χ0) is 19.6. The molecule has 1 aromatic heterocycles. The van der Waals surface area contributed by atoms with Crippen molar-refractivity contribution in [1.29, 1.82) is 0 Å². The van der Waals surface area contributed by atoms with Crippen LogP contribution in [0.1, 0.15) is 34.3 Å². The summed E-state index contributed by atoms with van der Waals surface area (Å²) in [5.74, 6) is -4.39. The minimum atomic E-state index is -4.14. The maximum absolute atomic E-state index is 12.8. The number of carbonyl (C=O) groups excluding carboxylic acids is 3. The van der Waals surface area contributed by atoms with Crippen molar-refractivity contribution in [1.82, 2.24) is 19.9 Å². The van der Waals surface area contributed by atoms with Gasteiger partial charge < -0.3 is 21.5 Å². The zero-order valence-electron chi connectivity index (χ0n) is 13.3. The lowest BCUT2D eigenvalue weighted by molar-refractivity contribution is -0.157. The van der Waals surface area contributed by atoms with E-state index in [0.717, 1.165) is 16.5 Å². The van der Waals surface area contributed by atoms with Crippen molar-refractivity contribution in [2.75, 3.05) is 0 Å². The average molecular weight is 386 g/mol. The first kappa shape index (κ1) is 17.8. The van der Waals surface area contributed by atoms with Crippen molar-refractivity contribution in [3.8, 4) is 0 Å². The molecule has 0 aliphatic carbocycles. The second kappa shape index (κ2) is 5.23. The highest BCUT2D eigenvalue weighted by atomic mass is 32.2. The number of nitrogens with zero attached hydrogens (tertiary/aromatic N) is 4. The molecule has 0 aromatic carbocycles. The van der Waals surface area contributed by atoms with E-state index in [1.807, 2.05) is 0 Å². The molecule has 3 heterocycles. The Labute approximate surface area is 145 Å². The van der Waals surface area contributed by atoms with Crippen molar-refractivity contribution < 1.29 is 32.7 Å². The van der Waals surface area contributed by atoms with Crippen LogP contribution in [0.25, 0.3) is 0 Å². The number of hydrogen-bond donors (Lipinski definition) is 3. The van der Waals surface area contributed by atoms with Crippen LogP contribution in [0.2, 0.25) is 0 Å². The molecule has 3 atom stereocenters. The lowest BCUT2D eigenvalue weighted by atomic mass is 9.96. The molecule has 26 heavy (non-hydrogen) atoms. The largest absolute Gasteiger partial charge is 0.480 e. The van der Waals surface area contributed by atoms with E-state index in [-0.39, 0.29) is 6.42 Å². The van der Waals surface area contributed by atoms with Crippen LogP contribution in [0.3, 0.4) is 0 Å². The molecule has 0 radical (unpaired) electrons. The highest BCUT2D eigenvalue weighted by Gasteiger charge is 2.70. The summed E-state index contributed by atoms with van der Waals surface area (Å²) in [4.78, 5) is 47.2. The third-order valence-corrected chi connectivity index (χ3v) is 7.47. The van der Waals surface area contributed by atoms with E-state index in [0.29, 0.717) is 0 Å². The zero-order valence-corrected chi connectivity index (χ0v) is 14.1. The number of β-lactam (4-membered cyclic amide) rings is 1. The van der Waals surface area contributed by atoms with Gasteiger partial charge in [-0.1, -0.05) is 5.21 Å². The molecule has 2 saturated heterocycles. The van der Waals surface area contributed by atoms with Crippen molar-refractivity contribution in [2.24, 2.45) is 11.5 Å². The SMILES string of the molecule is C[C@]1(Cn2nnc(C(N)=O)c2C(N)=O)[C@H](C(=O)O)N2C(=O)C[C@H]2S1(=O)=O. The first-order valence-electron chi connectivity index (χ1n) is 7.24. The number of primary amides is 2. The third-order valence-electron chi connectivity index (χ3n) is 4.71. The van der Waals surface area contributed by atoms with Crippen molar-refractivity contribution in [3.63, 3.8) is 0 Å². The minimum absolute atomic E-state index is 0.325. The molecule has 2 aliphatic heterocycles. The molecule has 3 amide bonds. The Kier molecular flexibility index (Phi) is 3.58. The number of aliphatic carboxylic acids is 1. The fourth-order valence-corrected chi connectivity index (χ4v) is 5.77. The van der Waals surface area contributed by atoms with Crippen molar-refractivity contribution >= 4 is 33.5 Å². The number of carboxylic acids is 1. The van der Waals surface area contributed by atoms with Crippen LogP contribution >= 0.6 is 0 Å². The molecule has 14 heteroatoms. The number of amides is 3. The van der Waals surface area contributed by atoms with Gasteiger partial charge in [-0.2, -0.15) is 0 Å². The molecule has 0 saturated carbocycles. The highest BCUT2D eigenvalue weighted by molar-refractivity contribution is 7.93. The number of carbonyl (C=O) groups is 4. The maximum atomic E-state index is 12.8. The van der Waals surface area contributed by atoms with Crippen LogP contribution in [-0.4, -0.2) is 73.3 Å². The number of carboxylic acid groups (broad SMARTS) is 1. The molecule has 5 N–H and O–H groups in total. The molecule has 0 bridgehead atoms. The van der Waals surface area contributed by atoms with Gasteiger partial charge in [-0.3, -0.25) is 14.4 Å². The molecule has 1 aromatic rings. The van der Waals surface area contributed by atoms with Crippen LogP contribution in [0, 0.1) is 0 Å². The van der Waals surface area contributed by atoms with Crippen molar-refractivity contribution in [2.45, 2.75) is 36.1 Å². The van der Waals surface area contributed by atoms with E-state index in [2.05, 4.69) is 10.3 Å². The first-order valence-corrected chi connectivity index (χ1v) is 8.78. The summed E-state index contributed by atoms with van der Waals surface area (Å²) in [6.07, 6.45) is -0.325. The quantitative estimate of drug-likeness (QED) is 0.431. The Hall–Kier alpha value is -3.03. The lowest BCUT2D eigenvalue weighted by Gasteiger charge is -2.35. The molecule has 2 fully saturated rings. The summed E-state index contributed by atoms with van der Waals surface area (Å²) >= 11 is 0. The minimum Gasteiger partial charge on any atom is -0.480 e. The number of sulfone groups is 1. The fourth-order valence-electron chi connectivity index (χ4n) is 3.42. The number of nitrogens with two attached hydrogens (primary N) is 2. The van der Waals surface area contributed by atoms with Gasteiger partial charge in [0.25, 0.3) is 11.8 Å². The Morgan fingerprint density at radius 2 is 1.92 bits per heavy atom. The van der Waals surface area contributed by atoms with Crippen LogP contribution < -0.4 is 11.5 Å². The van der Waals surface area contributed by atoms with Crippen LogP contribution in [0.5, 0.6) is 0 Å². The highest BCUT2D eigenvalue weighted by Crippen LogP contribution is 2.46. The fraction of sp³-hybridized carbons (Fsp3) is 0.500. The second-order valence-corrected chi connectivity index (χ2v) is 8.80. The van der Waals surface area contributed by atoms with E-state index in [1.54, 1.807) is 0 Å². The van der Waals surface area contributed by atoms with Crippen LogP contribution in [0.4, 0.5) is 0 Å². The predicted molar refractivity (Wildman–Crippen MR) is 81.1 cm³/mol. The average Bonchev–Trinajstić information content (AvgIpc) is 2.97. The van der Waals surface area contributed by atoms with Gasteiger partial charge in [0.2, 0.25) is 5.91 Å². The van der Waals surface area contributed by atoms with E-state index >= 15 is 0 Å². The summed E-state index contributed by atoms with van der Waals surface area (Å²) in [7, 11) is -4.14. The van der Waals surface area contributed by atoms with Gasteiger partial charge in [0, 0.05) is 0 Å². The third kappa shape index (κ3) is 2.04. The summed E-state index contributed by atoms with van der Waals surface area (Å²) in [5, 5.41) is 15.2. The van der Waals surface area contributed by atoms with E-state index < -0.39 is 67.6 Å². The van der Waals surface area contributed by atoms with Crippen molar-refractivity contribution in [3.05, 3.63) is 11.4 Å². The molecule has 0 spiro atoms. The number of fused-ring (bicyclic) bond motifs is 1. The topological polar surface area (TPSA) is 209 Å². The number of hydrogen-bond acceptors (Lipinski definition) is 8. The Morgan fingerprint density at radius 3 is 2.38 bits per heavy atom. The maximum Gasteiger partial charge on any atom is 0.328 e. The standard InChI is InChI=1S/C12H14N6O7S/c1-12(3-17-7(10(14)21)6(9(13)20)15-16-17)8(11(22)23)18-4(19)2-5(18)26(12,24)25/h5,8H,2-3H2,1H3,(H2,13,20)(H2,14,21)(H,22,23)/t5-,8+,12+/m1/s1. The second-order valence-electron chi connectivity index (χ2n) is 6.23. The summed E-state index contributed by atoms with van der Waals surface area (Å²) in [6.45, 7) is 0.467. The summed E-state index contributed by atoms with van der Waals surface area (Å²) in [6, 6.07) is -1.69. The first-order chi connectivity index (χ1) is 11.9. The lowest BCUT2D eigenvalue weighted by Crippen LogP contribution is -2.58. The van der Waals surface area contributed by atoms with Gasteiger partial charge in [0.15, 0.2) is 27.3 Å². The predicted octanol–water partition coefficient (Wildman–Crippen LogP) is -3.33. The van der Waals surface area contributed by atoms with Gasteiger partial charge in [0.1, 0.15) is 10.1 Å². The van der Waals surface area contributed by atoms with Gasteiger partial charge >= 0.3 is 5.97 Å². The number of aromatic nitrogens is 3. The van der Waals surface area contributed by atoms with E-state index in [1.165, 1.54) is 0 Å². The Morgan fingerprint density at radius 1 is 1.31 bits per heavy atom. The van der Waals surface area contributed by atoms with Crippen LogP contribution in [-0.2, 0) is 26.0 Å². The van der Waals surface area contributed by atoms with Gasteiger partial charge in [0.05, 0.1) is 13.0 Å². The molecule has 0 unspecified atom stereocenters. The van der Waals surface area contributed by atoms with Gasteiger partial charge in [-0.05, 0) is 6.92 Å². The normalized spacial score (nSPS) is 29.1. The molecular formula is C12H14N6O7S. The van der Waals surface area contributed by atoms with Gasteiger partial charge in [-0.15, -0.1) is 5.10 Å². The molecule has 2 aliphatic rings. The summed E-state index contributed by atoms with van der Waals surface area (Å²) in [5.41, 5.74) is 9.16.